The Morgan fingerprint density at radius 2 is 2.11 bits per heavy atom. The Hall–Kier alpha value is -1.25. The molecule has 1 heterocycles. The van der Waals surface area contributed by atoms with Gasteiger partial charge in [0.1, 0.15) is 0 Å². The number of halogens is 2. The van der Waals surface area contributed by atoms with Crippen LogP contribution in [0.3, 0.4) is 0 Å². The molecule has 6 heteroatoms. The van der Waals surface area contributed by atoms with Crippen molar-refractivity contribution in [2.24, 2.45) is 0 Å². The van der Waals surface area contributed by atoms with Gasteiger partial charge in [0.15, 0.2) is 0 Å². The molecule has 1 fully saturated rings. The van der Waals surface area contributed by atoms with Crippen LogP contribution < -0.4 is 0 Å². The Kier molecular flexibility index (Phi) is 4.02. The quantitative estimate of drug-likeness (QED) is 0.846. The van der Waals surface area contributed by atoms with Crippen LogP contribution in [0.25, 0.3) is 0 Å². The maximum absolute atomic E-state index is 10.9. The van der Waals surface area contributed by atoms with Gasteiger partial charge in [0.25, 0.3) is 0 Å². The van der Waals surface area contributed by atoms with Crippen LogP contribution in [0, 0.1) is 11.3 Å². The standard InChI is InChI=1S/C13H12BrClN2O2/c14-9-1-2-10(11(15)7-9)13(8-16)3-5-17(6-4-13)12(18)19/h1-2,7H,3-6H2,(H,18,19). The van der Waals surface area contributed by atoms with Crippen molar-refractivity contribution in [3.63, 3.8) is 0 Å². The molecule has 1 aromatic rings. The van der Waals surface area contributed by atoms with Crippen molar-refractivity contribution in [3.05, 3.63) is 33.3 Å². The summed E-state index contributed by atoms with van der Waals surface area (Å²) in [5, 5.41) is 19.0. The van der Waals surface area contributed by atoms with Crippen LogP contribution in [0.2, 0.25) is 5.02 Å². The molecule has 19 heavy (non-hydrogen) atoms. The molecule has 1 amide bonds. The predicted octanol–water partition coefficient (Wildman–Crippen LogP) is 3.64. The molecule has 0 unspecified atom stereocenters. The summed E-state index contributed by atoms with van der Waals surface area (Å²) in [4.78, 5) is 12.2. The van der Waals surface area contributed by atoms with Crippen LogP contribution in [0.15, 0.2) is 22.7 Å². The van der Waals surface area contributed by atoms with Crippen molar-refractivity contribution >= 4 is 33.6 Å². The van der Waals surface area contributed by atoms with Gasteiger partial charge in [-0.3, -0.25) is 0 Å². The number of rotatable bonds is 1. The first kappa shape index (κ1) is 14.2. The van der Waals surface area contributed by atoms with Crippen LogP contribution in [0.5, 0.6) is 0 Å². The highest BCUT2D eigenvalue weighted by Crippen LogP contribution is 2.39. The summed E-state index contributed by atoms with van der Waals surface area (Å²) < 4.78 is 0.859. The first-order valence-electron chi connectivity index (χ1n) is 5.83. The molecule has 1 aliphatic rings. The van der Waals surface area contributed by atoms with E-state index >= 15 is 0 Å². The van der Waals surface area contributed by atoms with Crippen LogP contribution >= 0.6 is 27.5 Å². The number of amides is 1. The largest absolute Gasteiger partial charge is 0.465 e. The zero-order valence-corrected chi connectivity index (χ0v) is 12.4. The Labute approximate surface area is 124 Å². The van der Waals surface area contributed by atoms with Gasteiger partial charge in [-0.2, -0.15) is 5.26 Å². The molecule has 0 aromatic heterocycles. The number of piperidine rings is 1. The molecule has 0 radical (unpaired) electrons. The van der Waals surface area contributed by atoms with Crippen molar-refractivity contribution in [1.29, 1.82) is 5.26 Å². The molecule has 0 aliphatic carbocycles. The minimum Gasteiger partial charge on any atom is -0.465 e. The third-order valence-electron chi connectivity index (χ3n) is 3.55. The highest BCUT2D eigenvalue weighted by Gasteiger charge is 2.39. The topological polar surface area (TPSA) is 64.3 Å². The summed E-state index contributed by atoms with van der Waals surface area (Å²) in [5.74, 6) is 0. The molecular weight excluding hydrogens is 332 g/mol. The van der Waals surface area contributed by atoms with Gasteiger partial charge in [0, 0.05) is 22.6 Å². The van der Waals surface area contributed by atoms with Gasteiger partial charge in [0.05, 0.1) is 11.5 Å². The fraction of sp³-hybridized carbons (Fsp3) is 0.385. The molecular formula is C13H12BrClN2O2. The molecule has 0 bridgehead atoms. The van der Waals surface area contributed by atoms with E-state index < -0.39 is 11.5 Å². The molecule has 0 saturated carbocycles. The Bertz CT molecular complexity index is 548. The Morgan fingerprint density at radius 1 is 1.47 bits per heavy atom. The SMILES string of the molecule is N#CC1(c2ccc(Br)cc2Cl)CCN(C(=O)O)CC1. The van der Waals surface area contributed by atoms with E-state index in [9.17, 15) is 10.1 Å². The van der Waals surface area contributed by atoms with Crippen molar-refractivity contribution in [2.45, 2.75) is 18.3 Å². The second-order valence-corrected chi connectivity index (χ2v) is 5.91. The lowest BCUT2D eigenvalue weighted by Gasteiger charge is -2.36. The fourth-order valence-electron chi connectivity index (χ4n) is 2.40. The average molecular weight is 344 g/mol. The molecule has 0 spiro atoms. The molecule has 1 aliphatic heterocycles. The summed E-state index contributed by atoms with van der Waals surface area (Å²) in [7, 11) is 0. The minimum atomic E-state index is -0.937. The van der Waals surface area contributed by atoms with E-state index in [2.05, 4.69) is 22.0 Å². The van der Waals surface area contributed by atoms with Gasteiger partial charge in [0.2, 0.25) is 0 Å². The lowest BCUT2D eigenvalue weighted by atomic mass is 9.74. The number of carboxylic acid groups (broad SMARTS) is 1. The maximum Gasteiger partial charge on any atom is 0.407 e. The third kappa shape index (κ3) is 2.70. The number of benzene rings is 1. The van der Waals surface area contributed by atoms with Crippen LogP contribution in [-0.2, 0) is 5.41 Å². The van der Waals surface area contributed by atoms with Gasteiger partial charge < -0.3 is 10.0 Å². The summed E-state index contributed by atoms with van der Waals surface area (Å²) in [6, 6.07) is 7.79. The lowest BCUT2D eigenvalue weighted by molar-refractivity contribution is 0.125. The van der Waals surface area contributed by atoms with E-state index in [0.717, 1.165) is 10.0 Å². The molecule has 1 N–H and O–H groups in total. The maximum atomic E-state index is 10.9. The van der Waals surface area contributed by atoms with Gasteiger partial charge in [-0.15, -0.1) is 0 Å². The molecule has 1 aromatic carbocycles. The van der Waals surface area contributed by atoms with E-state index in [-0.39, 0.29) is 0 Å². The van der Waals surface area contributed by atoms with Crippen LogP contribution in [0.1, 0.15) is 18.4 Å². The first-order valence-corrected chi connectivity index (χ1v) is 7.00. The summed E-state index contributed by atoms with van der Waals surface area (Å²) in [6.45, 7) is 0.713. The van der Waals surface area contributed by atoms with Crippen molar-refractivity contribution in [1.82, 2.24) is 4.90 Å². The van der Waals surface area contributed by atoms with Gasteiger partial charge in [-0.05, 0) is 30.5 Å². The second kappa shape index (κ2) is 5.40. The van der Waals surface area contributed by atoms with E-state index in [1.54, 1.807) is 6.07 Å². The minimum absolute atomic E-state index is 0.356. The molecule has 1 saturated heterocycles. The highest BCUT2D eigenvalue weighted by atomic mass is 79.9. The van der Waals surface area contributed by atoms with E-state index in [4.69, 9.17) is 16.7 Å². The number of likely N-dealkylation sites (tertiary alicyclic amines) is 1. The van der Waals surface area contributed by atoms with E-state index in [1.807, 2.05) is 12.1 Å². The molecule has 0 atom stereocenters. The molecule has 2 rings (SSSR count). The summed E-state index contributed by atoms with van der Waals surface area (Å²) in [6.07, 6.45) is 0.00217. The normalized spacial score (nSPS) is 17.8. The van der Waals surface area contributed by atoms with Crippen LogP contribution in [0.4, 0.5) is 4.79 Å². The predicted molar refractivity (Wildman–Crippen MR) is 75.3 cm³/mol. The van der Waals surface area contributed by atoms with Crippen molar-refractivity contribution in [2.75, 3.05) is 13.1 Å². The highest BCUT2D eigenvalue weighted by molar-refractivity contribution is 9.10. The first-order chi connectivity index (χ1) is 8.98. The molecule has 4 nitrogen and oxygen atoms in total. The van der Waals surface area contributed by atoms with E-state index in [1.165, 1.54) is 4.90 Å². The fourth-order valence-corrected chi connectivity index (χ4v) is 3.25. The molecule has 100 valence electrons. The van der Waals surface area contributed by atoms with E-state index in [0.29, 0.717) is 31.0 Å². The Morgan fingerprint density at radius 3 is 2.58 bits per heavy atom. The average Bonchev–Trinajstić information content (AvgIpc) is 2.38. The van der Waals surface area contributed by atoms with Crippen LogP contribution in [-0.4, -0.2) is 29.2 Å². The third-order valence-corrected chi connectivity index (χ3v) is 4.35. The zero-order chi connectivity index (χ0) is 14.0. The summed E-state index contributed by atoms with van der Waals surface area (Å²) >= 11 is 9.55. The number of hydrogen-bond acceptors (Lipinski definition) is 2. The lowest BCUT2D eigenvalue weighted by Crippen LogP contribution is -2.44. The second-order valence-electron chi connectivity index (χ2n) is 4.59. The van der Waals surface area contributed by atoms with Gasteiger partial charge in [-0.1, -0.05) is 33.6 Å². The van der Waals surface area contributed by atoms with Gasteiger partial charge in [-0.25, -0.2) is 4.79 Å². The monoisotopic (exact) mass is 342 g/mol. The number of nitriles is 1. The number of hydrogen-bond donors (Lipinski definition) is 1. The smallest absolute Gasteiger partial charge is 0.407 e. The number of carbonyl (C=O) groups is 1. The van der Waals surface area contributed by atoms with Crippen molar-refractivity contribution < 1.29 is 9.90 Å². The van der Waals surface area contributed by atoms with Gasteiger partial charge >= 0.3 is 6.09 Å². The summed E-state index contributed by atoms with van der Waals surface area (Å²) in [5.41, 5.74) is 0.0916. The Balaban J connectivity index is 2.31. The number of nitrogens with zero attached hydrogens (tertiary/aromatic N) is 2. The van der Waals surface area contributed by atoms with Crippen molar-refractivity contribution in [3.8, 4) is 6.07 Å². The zero-order valence-electron chi connectivity index (χ0n) is 10.1.